The summed E-state index contributed by atoms with van der Waals surface area (Å²) in [7, 11) is 1.81. The molecule has 0 amide bonds. The van der Waals surface area contributed by atoms with Gasteiger partial charge < -0.3 is 10.1 Å². The molecule has 0 atom stereocenters. The molecule has 0 aliphatic rings. The van der Waals surface area contributed by atoms with Gasteiger partial charge in [-0.05, 0) is 31.3 Å². The first-order valence-corrected chi connectivity index (χ1v) is 4.75. The molecule has 0 fully saturated rings. The number of benzene rings is 1. The van der Waals surface area contributed by atoms with Crippen molar-refractivity contribution in [2.24, 2.45) is 0 Å². The van der Waals surface area contributed by atoms with Crippen LogP contribution >= 0.6 is 0 Å². The van der Waals surface area contributed by atoms with E-state index < -0.39 is 0 Å². The lowest BCUT2D eigenvalue weighted by Gasteiger charge is -2.03. The van der Waals surface area contributed by atoms with Crippen LogP contribution in [-0.2, 0) is 4.74 Å². The van der Waals surface area contributed by atoms with E-state index in [0.717, 1.165) is 0 Å². The van der Waals surface area contributed by atoms with Crippen molar-refractivity contribution in [1.82, 2.24) is 5.32 Å². The molecular weight excluding hydrogens is 197 g/mol. The molecule has 82 valence electrons. The highest BCUT2D eigenvalue weighted by molar-refractivity contribution is 5.96. The number of hydrogen-bond acceptors (Lipinski definition) is 3. The summed E-state index contributed by atoms with van der Waals surface area (Å²) in [5, 5.41) is 2.90. The number of carbonyl (C=O) groups is 1. The maximum Gasteiger partial charge on any atom is 0.188 e. The van der Waals surface area contributed by atoms with Gasteiger partial charge in [-0.15, -0.1) is 0 Å². The molecule has 0 aliphatic heterocycles. The number of carbonyl (C=O) groups excluding carboxylic acids is 1. The topological polar surface area (TPSA) is 38.3 Å². The summed E-state index contributed by atoms with van der Waals surface area (Å²) in [6, 6.07) is 5.44. The Morgan fingerprint density at radius 2 is 2.07 bits per heavy atom. The molecule has 1 aromatic carbocycles. The van der Waals surface area contributed by atoms with E-state index in [1.54, 1.807) is 0 Å². The maximum absolute atomic E-state index is 12.6. The van der Waals surface area contributed by atoms with Crippen LogP contribution in [-0.4, -0.2) is 32.6 Å². The molecule has 1 N–H and O–H groups in total. The highest BCUT2D eigenvalue weighted by atomic mass is 19.1. The number of likely N-dealkylation sites (N-methyl/N-ethyl adjacent to an activating group) is 1. The molecule has 1 rings (SSSR count). The summed E-state index contributed by atoms with van der Waals surface area (Å²) in [5.74, 6) is -0.478. The van der Waals surface area contributed by atoms with Crippen LogP contribution in [0.5, 0.6) is 0 Å². The van der Waals surface area contributed by atoms with E-state index in [9.17, 15) is 9.18 Å². The van der Waals surface area contributed by atoms with Gasteiger partial charge in [-0.1, -0.05) is 0 Å². The van der Waals surface area contributed by atoms with Crippen molar-refractivity contribution in [2.45, 2.75) is 0 Å². The van der Waals surface area contributed by atoms with Crippen LogP contribution in [0.4, 0.5) is 4.39 Å². The van der Waals surface area contributed by atoms with Crippen LogP contribution in [0, 0.1) is 5.82 Å². The Labute approximate surface area is 88.2 Å². The zero-order valence-electron chi connectivity index (χ0n) is 8.63. The second kappa shape index (κ2) is 6.27. The van der Waals surface area contributed by atoms with Crippen LogP contribution in [0.15, 0.2) is 24.3 Å². The predicted octanol–water partition coefficient (Wildman–Crippen LogP) is 1.24. The van der Waals surface area contributed by atoms with Crippen LogP contribution in [0.1, 0.15) is 10.4 Å². The number of rotatable bonds is 6. The summed E-state index contributed by atoms with van der Waals surface area (Å²) in [6.45, 7) is 1.23. The Hall–Kier alpha value is -1.26. The molecule has 0 heterocycles. The highest BCUT2D eigenvalue weighted by Gasteiger charge is 2.05. The molecule has 0 saturated heterocycles. The largest absolute Gasteiger partial charge is 0.372 e. The second-order valence-corrected chi connectivity index (χ2v) is 3.09. The molecule has 0 radical (unpaired) electrons. The van der Waals surface area contributed by atoms with E-state index in [2.05, 4.69) is 5.32 Å². The van der Waals surface area contributed by atoms with Gasteiger partial charge in [0.25, 0.3) is 0 Å². The van der Waals surface area contributed by atoms with Crippen molar-refractivity contribution in [3.63, 3.8) is 0 Å². The standard InChI is InChI=1S/C11H14FNO2/c1-13-6-7-15-8-11(14)9-2-4-10(12)5-3-9/h2-5,13H,6-8H2,1H3. The number of ketones is 1. The SMILES string of the molecule is CNCCOCC(=O)c1ccc(F)cc1. The third kappa shape index (κ3) is 4.18. The number of ether oxygens (including phenoxy) is 1. The number of Topliss-reactive ketones (excluding diaryl/α,β-unsaturated/α-hetero) is 1. The van der Waals surface area contributed by atoms with Crippen molar-refractivity contribution in [3.8, 4) is 0 Å². The van der Waals surface area contributed by atoms with Crippen molar-refractivity contribution < 1.29 is 13.9 Å². The molecule has 0 spiro atoms. The molecule has 3 nitrogen and oxygen atoms in total. The van der Waals surface area contributed by atoms with E-state index in [0.29, 0.717) is 18.7 Å². The van der Waals surface area contributed by atoms with E-state index in [1.807, 2.05) is 7.05 Å². The Morgan fingerprint density at radius 1 is 1.40 bits per heavy atom. The van der Waals surface area contributed by atoms with Crippen LogP contribution in [0.3, 0.4) is 0 Å². The summed E-state index contributed by atoms with van der Waals surface area (Å²) < 4.78 is 17.7. The molecule has 0 bridgehead atoms. The van der Waals surface area contributed by atoms with Crippen molar-refractivity contribution in [3.05, 3.63) is 35.6 Å². The Kier molecular flexibility index (Phi) is 4.93. The zero-order chi connectivity index (χ0) is 11.1. The fourth-order valence-corrected chi connectivity index (χ4v) is 1.06. The maximum atomic E-state index is 12.6. The lowest BCUT2D eigenvalue weighted by Crippen LogP contribution is -2.17. The Balaban J connectivity index is 2.37. The van der Waals surface area contributed by atoms with E-state index >= 15 is 0 Å². The first-order chi connectivity index (χ1) is 7.24. The molecule has 1 aromatic rings. The van der Waals surface area contributed by atoms with Gasteiger partial charge in [0.2, 0.25) is 0 Å². The number of halogens is 1. The normalized spacial score (nSPS) is 10.3. The highest BCUT2D eigenvalue weighted by Crippen LogP contribution is 2.03. The van der Waals surface area contributed by atoms with Crippen LogP contribution < -0.4 is 5.32 Å². The first-order valence-electron chi connectivity index (χ1n) is 4.75. The molecule has 0 unspecified atom stereocenters. The Bertz CT molecular complexity index is 311. The van der Waals surface area contributed by atoms with Crippen molar-refractivity contribution in [1.29, 1.82) is 0 Å². The van der Waals surface area contributed by atoms with Crippen LogP contribution in [0.25, 0.3) is 0 Å². The smallest absolute Gasteiger partial charge is 0.188 e. The van der Waals surface area contributed by atoms with Gasteiger partial charge in [0.05, 0.1) is 6.61 Å². The van der Waals surface area contributed by atoms with Gasteiger partial charge in [0.1, 0.15) is 12.4 Å². The van der Waals surface area contributed by atoms with Crippen molar-refractivity contribution in [2.75, 3.05) is 26.8 Å². The molecule has 15 heavy (non-hydrogen) atoms. The summed E-state index contributed by atoms with van der Waals surface area (Å²) in [5.41, 5.74) is 0.473. The lowest BCUT2D eigenvalue weighted by molar-refractivity contribution is 0.0767. The molecule has 0 aromatic heterocycles. The summed E-state index contributed by atoms with van der Waals surface area (Å²) in [4.78, 5) is 11.5. The van der Waals surface area contributed by atoms with Gasteiger partial charge in [-0.25, -0.2) is 4.39 Å². The molecule has 4 heteroatoms. The van der Waals surface area contributed by atoms with Gasteiger partial charge in [-0.2, -0.15) is 0 Å². The van der Waals surface area contributed by atoms with E-state index in [1.165, 1.54) is 24.3 Å². The zero-order valence-corrected chi connectivity index (χ0v) is 8.63. The molecule has 0 aliphatic carbocycles. The monoisotopic (exact) mass is 211 g/mol. The fourth-order valence-electron chi connectivity index (χ4n) is 1.06. The predicted molar refractivity (Wildman–Crippen MR) is 55.5 cm³/mol. The average Bonchev–Trinajstić information content (AvgIpc) is 2.25. The van der Waals surface area contributed by atoms with Crippen LogP contribution in [0.2, 0.25) is 0 Å². The quantitative estimate of drug-likeness (QED) is 0.568. The number of hydrogen-bond donors (Lipinski definition) is 1. The van der Waals surface area contributed by atoms with E-state index in [4.69, 9.17) is 4.74 Å². The summed E-state index contributed by atoms with van der Waals surface area (Å²) in [6.07, 6.45) is 0. The fraction of sp³-hybridized carbons (Fsp3) is 0.364. The van der Waals surface area contributed by atoms with Gasteiger partial charge in [0.15, 0.2) is 5.78 Å². The third-order valence-electron chi connectivity index (χ3n) is 1.90. The van der Waals surface area contributed by atoms with E-state index in [-0.39, 0.29) is 18.2 Å². The molecule has 0 saturated carbocycles. The van der Waals surface area contributed by atoms with Gasteiger partial charge >= 0.3 is 0 Å². The second-order valence-electron chi connectivity index (χ2n) is 3.09. The minimum Gasteiger partial charge on any atom is -0.372 e. The average molecular weight is 211 g/mol. The Morgan fingerprint density at radius 3 is 2.67 bits per heavy atom. The molecular formula is C11H14FNO2. The minimum absolute atomic E-state index is 0.0350. The van der Waals surface area contributed by atoms with Gasteiger partial charge in [0, 0.05) is 12.1 Å². The lowest BCUT2D eigenvalue weighted by atomic mass is 10.1. The minimum atomic E-state index is -0.345. The third-order valence-corrected chi connectivity index (χ3v) is 1.90. The van der Waals surface area contributed by atoms with Crippen molar-refractivity contribution >= 4 is 5.78 Å². The van der Waals surface area contributed by atoms with Gasteiger partial charge in [-0.3, -0.25) is 4.79 Å². The first kappa shape index (κ1) is 11.8. The number of nitrogens with one attached hydrogen (secondary N) is 1. The summed E-state index contributed by atoms with van der Waals surface area (Å²) >= 11 is 0.